The maximum absolute atomic E-state index is 12.7. The molecular weight excluding hydrogens is 312 g/mol. The van der Waals surface area contributed by atoms with Crippen molar-refractivity contribution in [2.45, 2.75) is 26.7 Å². The summed E-state index contributed by atoms with van der Waals surface area (Å²) < 4.78 is 1.74. The van der Waals surface area contributed by atoms with E-state index in [-0.39, 0.29) is 17.6 Å². The summed E-state index contributed by atoms with van der Waals surface area (Å²) in [7, 11) is 1.81. The molecule has 0 spiro atoms. The van der Waals surface area contributed by atoms with Gasteiger partial charge < -0.3 is 9.47 Å². The van der Waals surface area contributed by atoms with Gasteiger partial charge in [-0.25, -0.2) is 9.97 Å². The van der Waals surface area contributed by atoms with Crippen LogP contribution in [0.4, 0.5) is 0 Å². The van der Waals surface area contributed by atoms with E-state index in [0.717, 1.165) is 23.5 Å². The second-order valence-electron chi connectivity index (χ2n) is 5.96. The van der Waals surface area contributed by atoms with Gasteiger partial charge in [0.15, 0.2) is 5.82 Å². The van der Waals surface area contributed by atoms with Crippen molar-refractivity contribution in [2.75, 3.05) is 13.1 Å². The molecular formula is C16H20N4O2S. The van der Waals surface area contributed by atoms with Gasteiger partial charge in [-0.15, -0.1) is 11.3 Å². The Balaban J connectivity index is 1.76. The number of hydrogen-bond donors (Lipinski definition) is 0. The zero-order chi connectivity index (χ0) is 16.6. The summed E-state index contributed by atoms with van der Waals surface area (Å²) in [5.74, 6) is 0.301. The van der Waals surface area contributed by atoms with E-state index in [1.165, 1.54) is 11.3 Å². The fraction of sp³-hybridized carbons (Fsp3) is 0.500. The highest BCUT2D eigenvalue weighted by Gasteiger charge is 2.32. The molecule has 2 aromatic rings. The number of rotatable bonds is 3. The molecule has 3 heterocycles. The molecule has 0 unspecified atom stereocenters. The second-order valence-corrected chi connectivity index (χ2v) is 7.17. The van der Waals surface area contributed by atoms with E-state index in [1.807, 2.05) is 20.9 Å². The molecule has 0 aromatic carbocycles. The highest BCUT2D eigenvalue weighted by atomic mass is 32.1. The standard InChI is InChI=1S/C16H20N4O2S/c1-10-14(23-11(2)18-10)16(22)20-7-4-5-12(9-20)13(21)15-17-6-8-19(15)3/h6,8,12H,4-5,7,9H2,1-3H3/t12-/m1/s1. The smallest absolute Gasteiger partial charge is 0.265 e. The summed E-state index contributed by atoms with van der Waals surface area (Å²) in [6.07, 6.45) is 5.03. The van der Waals surface area contributed by atoms with E-state index in [2.05, 4.69) is 9.97 Å². The molecule has 0 aliphatic carbocycles. The first-order valence-corrected chi connectivity index (χ1v) is 8.54. The minimum Gasteiger partial charge on any atom is -0.337 e. The van der Waals surface area contributed by atoms with Gasteiger partial charge in [0, 0.05) is 38.4 Å². The zero-order valence-corrected chi connectivity index (χ0v) is 14.4. The molecule has 0 radical (unpaired) electrons. The van der Waals surface area contributed by atoms with Crippen molar-refractivity contribution in [3.63, 3.8) is 0 Å². The normalized spacial score (nSPS) is 18.2. The van der Waals surface area contributed by atoms with E-state index in [9.17, 15) is 9.59 Å². The fourth-order valence-electron chi connectivity index (χ4n) is 3.03. The predicted molar refractivity (Wildman–Crippen MR) is 87.8 cm³/mol. The topological polar surface area (TPSA) is 68.1 Å². The zero-order valence-electron chi connectivity index (χ0n) is 13.6. The first-order chi connectivity index (χ1) is 11.0. The Bertz CT molecular complexity index is 749. The maximum Gasteiger partial charge on any atom is 0.265 e. The minimum absolute atomic E-state index is 0.00885. The Labute approximate surface area is 139 Å². The van der Waals surface area contributed by atoms with Crippen LogP contribution >= 0.6 is 11.3 Å². The number of aromatic nitrogens is 3. The number of piperidine rings is 1. The Hall–Kier alpha value is -2.02. The third-order valence-corrected chi connectivity index (χ3v) is 5.28. The largest absolute Gasteiger partial charge is 0.337 e. The van der Waals surface area contributed by atoms with Crippen LogP contribution in [0.15, 0.2) is 12.4 Å². The van der Waals surface area contributed by atoms with Crippen LogP contribution in [0.2, 0.25) is 0 Å². The van der Waals surface area contributed by atoms with Gasteiger partial charge in [0.2, 0.25) is 5.78 Å². The van der Waals surface area contributed by atoms with Crippen molar-refractivity contribution in [2.24, 2.45) is 13.0 Å². The number of Topliss-reactive ketones (excluding diaryl/α,β-unsaturated/α-hetero) is 1. The van der Waals surface area contributed by atoms with E-state index in [4.69, 9.17) is 0 Å². The van der Waals surface area contributed by atoms with Gasteiger partial charge in [-0.1, -0.05) is 0 Å². The van der Waals surface area contributed by atoms with Crippen LogP contribution in [0.3, 0.4) is 0 Å². The van der Waals surface area contributed by atoms with E-state index >= 15 is 0 Å². The predicted octanol–water partition coefficient (Wildman–Crippen LogP) is 2.23. The SMILES string of the molecule is Cc1nc(C)c(C(=O)N2CCC[C@@H](C(=O)c3nccn3C)C2)s1. The number of imidazole rings is 1. The van der Waals surface area contributed by atoms with Crippen molar-refractivity contribution < 1.29 is 9.59 Å². The summed E-state index contributed by atoms with van der Waals surface area (Å²) in [4.78, 5) is 36.3. The number of carbonyl (C=O) groups excluding carboxylic acids is 2. The molecule has 6 nitrogen and oxygen atoms in total. The van der Waals surface area contributed by atoms with Crippen LogP contribution in [0.5, 0.6) is 0 Å². The number of amides is 1. The summed E-state index contributed by atoms with van der Waals surface area (Å²) in [6, 6.07) is 0. The molecule has 3 rings (SSSR count). The molecule has 1 aliphatic heterocycles. The lowest BCUT2D eigenvalue weighted by atomic mass is 9.93. The van der Waals surface area contributed by atoms with Crippen molar-refractivity contribution in [1.29, 1.82) is 0 Å². The van der Waals surface area contributed by atoms with Gasteiger partial charge in [-0.2, -0.15) is 0 Å². The Morgan fingerprint density at radius 1 is 1.35 bits per heavy atom. The van der Waals surface area contributed by atoms with Crippen LogP contribution in [0.25, 0.3) is 0 Å². The number of thiazole rings is 1. The first kappa shape index (κ1) is 15.9. The van der Waals surface area contributed by atoms with Crippen LogP contribution < -0.4 is 0 Å². The summed E-state index contributed by atoms with van der Waals surface area (Å²) in [5, 5.41) is 0.892. The summed E-state index contributed by atoms with van der Waals surface area (Å²) >= 11 is 1.42. The van der Waals surface area contributed by atoms with Crippen molar-refractivity contribution >= 4 is 23.0 Å². The van der Waals surface area contributed by atoms with Gasteiger partial charge >= 0.3 is 0 Å². The third-order valence-electron chi connectivity index (χ3n) is 4.22. The third kappa shape index (κ3) is 3.06. The number of likely N-dealkylation sites (tertiary alicyclic amines) is 1. The molecule has 0 saturated carbocycles. The van der Waals surface area contributed by atoms with Crippen LogP contribution in [-0.2, 0) is 7.05 Å². The number of nitrogens with zero attached hydrogens (tertiary/aromatic N) is 4. The van der Waals surface area contributed by atoms with Gasteiger partial charge in [0.25, 0.3) is 5.91 Å². The number of carbonyl (C=O) groups is 2. The molecule has 1 amide bonds. The summed E-state index contributed by atoms with van der Waals surface area (Å²) in [6.45, 7) is 4.91. The molecule has 1 saturated heterocycles. The average molecular weight is 332 g/mol. The molecule has 122 valence electrons. The highest BCUT2D eigenvalue weighted by molar-refractivity contribution is 7.13. The lowest BCUT2D eigenvalue weighted by molar-refractivity contribution is 0.0636. The minimum atomic E-state index is -0.178. The van der Waals surface area contributed by atoms with Gasteiger partial charge in [-0.3, -0.25) is 9.59 Å². The molecule has 1 atom stereocenters. The van der Waals surface area contributed by atoms with E-state index < -0.39 is 0 Å². The average Bonchev–Trinajstić information content (AvgIpc) is 3.11. The number of hydrogen-bond acceptors (Lipinski definition) is 5. The Morgan fingerprint density at radius 2 is 2.13 bits per heavy atom. The highest BCUT2D eigenvalue weighted by Crippen LogP contribution is 2.25. The Morgan fingerprint density at radius 3 is 2.74 bits per heavy atom. The fourth-order valence-corrected chi connectivity index (χ4v) is 3.92. The number of ketones is 1. The molecule has 1 aliphatic rings. The van der Waals surface area contributed by atoms with Crippen LogP contribution in [0, 0.1) is 19.8 Å². The molecule has 1 fully saturated rings. The molecule has 0 N–H and O–H groups in total. The van der Waals surface area contributed by atoms with E-state index in [0.29, 0.717) is 23.8 Å². The van der Waals surface area contributed by atoms with Gasteiger partial charge in [0.1, 0.15) is 4.88 Å². The van der Waals surface area contributed by atoms with Crippen LogP contribution in [0.1, 0.15) is 43.8 Å². The van der Waals surface area contributed by atoms with Gasteiger partial charge in [0.05, 0.1) is 10.7 Å². The van der Waals surface area contributed by atoms with Crippen molar-refractivity contribution in [3.05, 3.63) is 33.8 Å². The van der Waals surface area contributed by atoms with Crippen molar-refractivity contribution in [3.8, 4) is 0 Å². The lowest BCUT2D eigenvalue weighted by Crippen LogP contribution is -2.42. The monoisotopic (exact) mass is 332 g/mol. The first-order valence-electron chi connectivity index (χ1n) is 7.72. The lowest BCUT2D eigenvalue weighted by Gasteiger charge is -2.31. The van der Waals surface area contributed by atoms with Crippen molar-refractivity contribution in [1.82, 2.24) is 19.4 Å². The quantitative estimate of drug-likeness (QED) is 0.808. The molecule has 23 heavy (non-hydrogen) atoms. The second kappa shape index (κ2) is 6.23. The molecule has 2 aromatic heterocycles. The van der Waals surface area contributed by atoms with Gasteiger partial charge in [-0.05, 0) is 26.7 Å². The maximum atomic E-state index is 12.7. The van der Waals surface area contributed by atoms with Crippen LogP contribution in [-0.4, -0.2) is 44.2 Å². The molecule has 0 bridgehead atoms. The van der Waals surface area contributed by atoms with E-state index in [1.54, 1.807) is 21.9 Å². The summed E-state index contributed by atoms with van der Waals surface area (Å²) in [5.41, 5.74) is 0.773. The number of aryl methyl sites for hydroxylation is 3. The molecule has 7 heteroatoms. The Kier molecular flexibility index (Phi) is 4.30.